The van der Waals surface area contributed by atoms with Crippen molar-refractivity contribution in [3.8, 4) is 11.5 Å². The van der Waals surface area contributed by atoms with E-state index in [1.54, 1.807) is 37.4 Å². The lowest BCUT2D eigenvalue weighted by atomic mass is 10.3. The summed E-state index contributed by atoms with van der Waals surface area (Å²) in [6.45, 7) is 1.79. The lowest BCUT2D eigenvalue weighted by molar-refractivity contribution is 0.482. The molecular formula is C18H16N2O3S. The number of nitrogens with zero attached hydrogens (tertiary/aromatic N) is 1. The molecule has 24 heavy (non-hydrogen) atoms. The van der Waals surface area contributed by atoms with Crippen molar-refractivity contribution in [1.82, 2.24) is 4.98 Å². The van der Waals surface area contributed by atoms with Crippen molar-refractivity contribution in [2.24, 2.45) is 0 Å². The third kappa shape index (κ3) is 3.72. The summed E-state index contributed by atoms with van der Waals surface area (Å²) in [6, 6.07) is 19.1. The molecule has 0 radical (unpaired) electrons. The van der Waals surface area contributed by atoms with Crippen LogP contribution in [0.25, 0.3) is 0 Å². The van der Waals surface area contributed by atoms with Gasteiger partial charge in [-0.3, -0.25) is 4.72 Å². The molecule has 0 saturated carbocycles. The van der Waals surface area contributed by atoms with Gasteiger partial charge in [-0.05, 0) is 55.0 Å². The Morgan fingerprint density at radius 3 is 2.21 bits per heavy atom. The number of para-hydroxylation sites is 1. The van der Waals surface area contributed by atoms with Crippen molar-refractivity contribution in [3.05, 3.63) is 78.5 Å². The Bertz CT molecular complexity index is 924. The van der Waals surface area contributed by atoms with Crippen molar-refractivity contribution in [2.45, 2.75) is 11.8 Å². The van der Waals surface area contributed by atoms with Crippen LogP contribution in [0.2, 0.25) is 0 Å². The first-order valence-electron chi connectivity index (χ1n) is 7.32. The molecule has 0 amide bonds. The standard InChI is InChI=1S/C18H16N2O3S/c1-14-6-5-13-19-18(14)20-24(21,22)17-11-9-16(10-12-17)23-15-7-3-2-4-8-15/h2-13H,1H3,(H,19,20). The minimum atomic E-state index is -3.69. The number of aryl methyl sites for hydroxylation is 1. The maximum atomic E-state index is 12.4. The molecule has 0 aliphatic carbocycles. The average Bonchev–Trinajstić information content (AvgIpc) is 2.58. The number of hydrogen-bond acceptors (Lipinski definition) is 4. The van der Waals surface area contributed by atoms with Gasteiger partial charge in [0.1, 0.15) is 17.3 Å². The van der Waals surface area contributed by atoms with Crippen molar-refractivity contribution in [3.63, 3.8) is 0 Å². The number of nitrogens with one attached hydrogen (secondary N) is 1. The maximum absolute atomic E-state index is 12.4. The summed E-state index contributed by atoms with van der Waals surface area (Å²) >= 11 is 0. The maximum Gasteiger partial charge on any atom is 0.263 e. The Balaban J connectivity index is 1.78. The van der Waals surface area contributed by atoms with Gasteiger partial charge in [-0.1, -0.05) is 24.3 Å². The molecule has 0 fully saturated rings. The molecule has 122 valence electrons. The van der Waals surface area contributed by atoms with Gasteiger partial charge in [-0.2, -0.15) is 0 Å². The number of rotatable bonds is 5. The number of ether oxygens (including phenoxy) is 1. The minimum absolute atomic E-state index is 0.146. The zero-order chi connectivity index (χ0) is 17.0. The Labute approximate surface area is 141 Å². The molecule has 0 aliphatic rings. The first kappa shape index (κ1) is 16.0. The van der Waals surface area contributed by atoms with Crippen molar-refractivity contribution >= 4 is 15.8 Å². The lowest BCUT2D eigenvalue weighted by Crippen LogP contribution is -2.14. The monoisotopic (exact) mass is 340 g/mol. The second-order valence-corrected chi connectivity index (χ2v) is 6.84. The molecule has 0 saturated heterocycles. The predicted octanol–water partition coefficient (Wildman–Crippen LogP) is 3.98. The Kier molecular flexibility index (Phi) is 4.48. The van der Waals surface area contributed by atoms with E-state index in [9.17, 15) is 8.42 Å². The highest BCUT2D eigenvalue weighted by Crippen LogP contribution is 2.23. The molecule has 1 N–H and O–H groups in total. The van der Waals surface area contributed by atoms with Gasteiger partial charge >= 0.3 is 0 Å². The molecule has 3 rings (SSSR count). The molecule has 1 heterocycles. The quantitative estimate of drug-likeness (QED) is 0.763. The van der Waals surface area contributed by atoms with Gasteiger partial charge in [-0.25, -0.2) is 13.4 Å². The van der Waals surface area contributed by atoms with Gasteiger partial charge in [0, 0.05) is 6.20 Å². The summed E-state index contributed by atoms with van der Waals surface area (Å²) in [7, 11) is -3.69. The minimum Gasteiger partial charge on any atom is -0.457 e. The summed E-state index contributed by atoms with van der Waals surface area (Å²) in [5.41, 5.74) is 0.755. The van der Waals surface area contributed by atoms with Crippen LogP contribution in [0.3, 0.4) is 0 Å². The van der Waals surface area contributed by atoms with E-state index in [-0.39, 0.29) is 4.90 Å². The number of hydrogen-bond donors (Lipinski definition) is 1. The van der Waals surface area contributed by atoms with E-state index in [1.165, 1.54) is 12.1 Å². The molecule has 2 aromatic carbocycles. The summed E-state index contributed by atoms with van der Waals surface area (Å²) < 4.78 is 33.0. The molecule has 1 aromatic heterocycles. The van der Waals surface area contributed by atoms with Crippen molar-refractivity contribution < 1.29 is 13.2 Å². The van der Waals surface area contributed by atoms with Crippen LogP contribution in [0.1, 0.15) is 5.56 Å². The van der Waals surface area contributed by atoms with Crippen LogP contribution in [0.4, 0.5) is 5.82 Å². The number of anilines is 1. The number of sulfonamides is 1. The zero-order valence-electron chi connectivity index (χ0n) is 13.0. The Morgan fingerprint density at radius 1 is 0.875 bits per heavy atom. The van der Waals surface area contributed by atoms with Crippen molar-refractivity contribution in [2.75, 3.05) is 4.72 Å². The van der Waals surface area contributed by atoms with Crippen molar-refractivity contribution in [1.29, 1.82) is 0 Å². The zero-order valence-corrected chi connectivity index (χ0v) is 13.8. The SMILES string of the molecule is Cc1cccnc1NS(=O)(=O)c1ccc(Oc2ccccc2)cc1. The molecule has 0 bridgehead atoms. The Morgan fingerprint density at radius 2 is 1.54 bits per heavy atom. The third-order valence-electron chi connectivity index (χ3n) is 3.35. The van der Waals surface area contributed by atoms with E-state index in [1.807, 2.05) is 30.3 Å². The second kappa shape index (κ2) is 6.72. The number of pyridine rings is 1. The first-order chi connectivity index (χ1) is 11.5. The summed E-state index contributed by atoms with van der Waals surface area (Å²) in [5.74, 6) is 1.58. The van der Waals surface area contributed by atoms with Gasteiger partial charge in [-0.15, -0.1) is 0 Å². The Hall–Kier alpha value is -2.86. The van der Waals surface area contributed by atoms with Gasteiger partial charge in [0.25, 0.3) is 10.0 Å². The van der Waals surface area contributed by atoms with Gasteiger partial charge < -0.3 is 4.74 Å². The predicted molar refractivity (Wildman–Crippen MR) is 92.7 cm³/mol. The number of benzene rings is 2. The summed E-state index contributed by atoms with van der Waals surface area (Å²) in [5, 5.41) is 0. The highest BCUT2D eigenvalue weighted by molar-refractivity contribution is 7.92. The normalized spacial score (nSPS) is 11.0. The summed E-state index contributed by atoms with van der Waals surface area (Å²) in [4.78, 5) is 4.19. The molecule has 0 spiro atoms. The fourth-order valence-corrected chi connectivity index (χ4v) is 3.17. The average molecular weight is 340 g/mol. The highest BCUT2D eigenvalue weighted by atomic mass is 32.2. The highest BCUT2D eigenvalue weighted by Gasteiger charge is 2.16. The van der Waals surface area contributed by atoms with E-state index in [0.29, 0.717) is 17.3 Å². The van der Waals surface area contributed by atoms with E-state index < -0.39 is 10.0 Å². The molecule has 0 aliphatic heterocycles. The third-order valence-corrected chi connectivity index (χ3v) is 4.71. The molecule has 5 nitrogen and oxygen atoms in total. The smallest absolute Gasteiger partial charge is 0.263 e. The van der Waals surface area contributed by atoms with Crippen LogP contribution < -0.4 is 9.46 Å². The summed E-state index contributed by atoms with van der Waals surface area (Å²) in [6.07, 6.45) is 1.54. The van der Waals surface area contributed by atoms with Gasteiger partial charge in [0.05, 0.1) is 4.90 Å². The molecule has 0 unspecified atom stereocenters. The van der Waals surface area contributed by atoms with Gasteiger partial charge in [0.15, 0.2) is 0 Å². The van der Waals surface area contributed by atoms with Crippen LogP contribution in [0.15, 0.2) is 77.8 Å². The molecule has 3 aromatic rings. The number of aromatic nitrogens is 1. The molecule has 6 heteroatoms. The van der Waals surface area contributed by atoms with Crippen LogP contribution in [0, 0.1) is 6.92 Å². The van der Waals surface area contributed by atoms with Crippen LogP contribution in [-0.4, -0.2) is 13.4 Å². The van der Waals surface area contributed by atoms with E-state index in [4.69, 9.17) is 4.74 Å². The van der Waals surface area contributed by atoms with Crippen LogP contribution in [-0.2, 0) is 10.0 Å². The fraction of sp³-hybridized carbons (Fsp3) is 0.0556. The largest absolute Gasteiger partial charge is 0.457 e. The van der Waals surface area contributed by atoms with E-state index in [0.717, 1.165) is 5.56 Å². The molecular weight excluding hydrogens is 324 g/mol. The first-order valence-corrected chi connectivity index (χ1v) is 8.80. The fourth-order valence-electron chi connectivity index (χ4n) is 2.09. The van der Waals surface area contributed by atoms with Crippen LogP contribution in [0.5, 0.6) is 11.5 Å². The molecule has 0 atom stereocenters. The lowest BCUT2D eigenvalue weighted by Gasteiger charge is -2.10. The van der Waals surface area contributed by atoms with Crippen LogP contribution >= 0.6 is 0 Å². The van der Waals surface area contributed by atoms with E-state index in [2.05, 4.69) is 9.71 Å². The van der Waals surface area contributed by atoms with E-state index >= 15 is 0 Å². The second-order valence-electron chi connectivity index (χ2n) is 5.16. The topological polar surface area (TPSA) is 68.3 Å². The van der Waals surface area contributed by atoms with Gasteiger partial charge in [0.2, 0.25) is 0 Å².